The zero-order valence-electron chi connectivity index (χ0n) is 12.5. The van der Waals surface area contributed by atoms with E-state index in [4.69, 9.17) is 21.6 Å². The predicted molar refractivity (Wildman–Crippen MR) is 89.1 cm³/mol. The topological polar surface area (TPSA) is 82.4 Å². The quantitative estimate of drug-likeness (QED) is 0.930. The highest BCUT2D eigenvalue weighted by Gasteiger charge is 2.27. The van der Waals surface area contributed by atoms with Gasteiger partial charge in [0.2, 0.25) is 5.91 Å². The van der Waals surface area contributed by atoms with E-state index in [1.165, 1.54) is 4.90 Å². The number of benzene rings is 2. The minimum absolute atomic E-state index is 0.133. The molecule has 1 heterocycles. The fourth-order valence-electron chi connectivity index (χ4n) is 2.36. The van der Waals surface area contributed by atoms with E-state index in [2.05, 4.69) is 5.32 Å². The van der Waals surface area contributed by atoms with Crippen molar-refractivity contribution in [1.82, 2.24) is 0 Å². The summed E-state index contributed by atoms with van der Waals surface area (Å²) in [5.41, 5.74) is 1.39. The van der Waals surface area contributed by atoms with E-state index < -0.39 is 0 Å². The van der Waals surface area contributed by atoms with Crippen molar-refractivity contribution in [3.63, 3.8) is 0 Å². The summed E-state index contributed by atoms with van der Waals surface area (Å²) in [6.45, 7) is -0.307. The molecule has 0 spiro atoms. The van der Waals surface area contributed by atoms with Crippen molar-refractivity contribution in [3.8, 4) is 11.8 Å². The molecule has 0 aliphatic carbocycles. The molecule has 2 aromatic rings. The lowest BCUT2D eigenvalue weighted by atomic mass is 10.2. The van der Waals surface area contributed by atoms with Crippen molar-refractivity contribution in [1.29, 1.82) is 5.26 Å². The number of halogens is 1. The number of fused-ring (bicyclic) bond motifs is 1. The molecule has 2 aromatic carbocycles. The number of nitrogens with zero attached hydrogens (tertiary/aromatic N) is 2. The summed E-state index contributed by atoms with van der Waals surface area (Å²) in [7, 11) is 0. The molecule has 0 saturated carbocycles. The van der Waals surface area contributed by atoms with E-state index in [0.717, 1.165) is 0 Å². The van der Waals surface area contributed by atoms with Crippen LogP contribution in [0.5, 0.6) is 5.75 Å². The van der Waals surface area contributed by atoms with Gasteiger partial charge in [0.05, 0.1) is 17.3 Å². The number of nitriles is 1. The molecule has 1 aliphatic rings. The van der Waals surface area contributed by atoms with Gasteiger partial charge in [0.25, 0.3) is 5.91 Å². The Bertz CT molecular complexity index is 860. The van der Waals surface area contributed by atoms with Crippen LogP contribution in [-0.4, -0.2) is 25.0 Å². The molecule has 120 valence electrons. The van der Waals surface area contributed by atoms with Crippen LogP contribution in [-0.2, 0) is 9.59 Å². The SMILES string of the molecule is N#Cc1cccc(NC(=O)CN2C(=O)COc3ccc(Cl)cc32)c1. The number of ether oxygens (including phenoxy) is 1. The molecule has 0 unspecified atom stereocenters. The zero-order chi connectivity index (χ0) is 17.1. The second-order valence-corrected chi connectivity index (χ2v) is 5.56. The Balaban J connectivity index is 1.78. The molecule has 6 nitrogen and oxygen atoms in total. The van der Waals surface area contributed by atoms with Crippen LogP contribution in [0.3, 0.4) is 0 Å². The van der Waals surface area contributed by atoms with Crippen molar-refractivity contribution in [2.45, 2.75) is 0 Å². The van der Waals surface area contributed by atoms with Gasteiger partial charge >= 0.3 is 0 Å². The van der Waals surface area contributed by atoms with Gasteiger partial charge < -0.3 is 10.1 Å². The average Bonchev–Trinajstić information content (AvgIpc) is 2.57. The molecule has 0 radical (unpaired) electrons. The first-order chi connectivity index (χ1) is 11.6. The van der Waals surface area contributed by atoms with Crippen LogP contribution in [0.2, 0.25) is 5.02 Å². The Morgan fingerprint density at radius 1 is 1.33 bits per heavy atom. The molecule has 0 saturated heterocycles. The van der Waals surface area contributed by atoms with Crippen LogP contribution < -0.4 is 15.0 Å². The largest absolute Gasteiger partial charge is 0.482 e. The van der Waals surface area contributed by atoms with Gasteiger partial charge in [-0.1, -0.05) is 17.7 Å². The zero-order valence-corrected chi connectivity index (χ0v) is 13.2. The van der Waals surface area contributed by atoms with Gasteiger partial charge in [-0.25, -0.2) is 0 Å². The summed E-state index contributed by atoms with van der Waals surface area (Å²) in [6.07, 6.45) is 0. The van der Waals surface area contributed by atoms with E-state index >= 15 is 0 Å². The lowest BCUT2D eigenvalue weighted by Gasteiger charge is -2.29. The first kappa shape index (κ1) is 15.8. The molecule has 0 aromatic heterocycles. The molecule has 0 atom stereocenters. The molecule has 7 heteroatoms. The predicted octanol–water partition coefficient (Wildman–Crippen LogP) is 2.58. The fourth-order valence-corrected chi connectivity index (χ4v) is 2.53. The molecule has 1 aliphatic heterocycles. The van der Waals surface area contributed by atoms with E-state index in [1.54, 1.807) is 42.5 Å². The normalized spacial score (nSPS) is 12.8. The Morgan fingerprint density at radius 2 is 2.17 bits per heavy atom. The van der Waals surface area contributed by atoms with Crippen LogP contribution in [0.4, 0.5) is 11.4 Å². The number of amides is 2. The lowest BCUT2D eigenvalue weighted by molar-refractivity contribution is -0.123. The third-order valence-electron chi connectivity index (χ3n) is 3.44. The number of anilines is 2. The van der Waals surface area contributed by atoms with E-state index in [9.17, 15) is 9.59 Å². The van der Waals surface area contributed by atoms with Gasteiger partial charge in [-0.05, 0) is 36.4 Å². The number of hydrogen-bond donors (Lipinski definition) is 1. The number of hydrogen-bond acceptors (Lipinski definition) is 4. The van der Waals surface area contributed by atoms with Gasteiger partial charge in [-0.15, -0.1) is 0 Å². The molecule has 3 rings (SSSR count). The molecule has 24 heavy (non-hydrogen) atoms. The molecule has 1 N–H and O–H groups in total. The van der Waals surface area contributed by atoms with Crippen molar-refractivity contribution < 1.29 is 14.3 Å². The number of carbonyl (C=O) groups is 2. The second-order valence-electron chi connectivity index (χ2n) is 5.12. The number of carbonyl (C=O) groups excluding carboxylic acids is 2. The fraction of sp³-hybridized carbons (Fsp3) is 0.118. The third kappa shape index (κ3) is 3.31. The third-order valence-corrected chi connectivity index (χ3v) is 3.68. The van der Waals surface area contributed by atoms with Crippen LogP contribution in [0.1, 0.15) is 5.56 Å². The van der Waals surface area contributed by atoms with E-state index in [1.807, 2.05) is 6.07 Å². The summed E-state index contributed by atoms with van der Waals surface area (Å²) in [4.78, 5) is 25.7. The van der Waals surface area contributed by atoms with Crippen LogP contribution in [0.15, 0.2) is 42.5 Å². The molecular formula is C17H12ClN3O3. The Kier molecular flexibility index (Phi) is 4.36. The summed E-state index contributed by atoms with van der Waals surface area (Å²) >= 11 is 5.96. The van der Waals surface area contributed by atoms with Crippen LogP contribution in [0, 0.1) is 11.3 Å². The van der Waals surface area contributed by atoms with Crippen molar-refractivity contribution in [3.05, 3.63) is 53.1 Å². The average molecular weight is 342 g/mol. The first-order valence-corrected chi connectivity index (χ1v) is 7.47. The maximum Gasteiger partial charge on any atom is 0.265 e. The highest BCUT2D eigenvalue weighted by atomic mass is 35.5. The highest BCUT2D eigenvalue weighted by Crippen LogP contribution is 2.34. The summed E-state index contributed by atoms with van der Waals surface area (Å²) in [5.74, 6) is -0.213. The van der Waals surface area contributed by atoms with Crippen molar-refractivity contribution in [2.24, 2.45) is 0 Å². The Morgan fingerprint density at radius 3 is 2.96 bits per heavy atom. The molecule has 0 fully saturated rings. The van der Waals surface area contributed by atoms with Gasteiger partial charge in [0.15, 0.2) is 6.61 Å². The highest BCUT2D eigenvalue weighted by molar-refractivity contribution is 6.31. The van der Waals surface area contributed by atoms with Gasteiger partial charge in [-0.2, -0.15) is 5.26 Å². The van der Waals surface area contributed by atoms with Crippen LogP contribution in [0.25, 0.3) is 0 Å². The lowest BCUT2D eigenvalue weighted by Crippen LogP contribution is -2.43. The summed E-state index contributed by atoms with van der Waals surface area (Å²) < 4.78 is 5.33. The second kappa shape index (κ2) is 6.60. The standard InChI is InChI=1S/C17H12ClN3O3/c18-12-4-5-15-14(7-12)21(17(23)10-24-15)9-16(22)20-13-3-1-2-11(6-13)8-19/h1-7H,9-10H2,(H,20,22). The summed E-state index contributed by atoms with van der Waals surface area (Å²) in [6, 6.07) is 13.4. The Hall–Kier alpha value is -3.04. The smallest absolute Gasteiger partial charge is 0.265 e. The Labute approximate surface area is 143 Å². The van der Waals surface area contributed by atoms with Crippen molar-refractivity contribution >= 4 is 34.8 Å². The van der Waals surface area contributed by atoms with E-state index in [-0.39, 0.29) is 25.0 Å². The van der Waals surface area contributed by atoms with Crippen LogP contribution >= 0.6 is 11.6 Å². The van der Waals surface area contributed by atoms with Crippen molar-refractivity contribution in [2.75, 3.05) is 23.4 Å². The minimum atomic E-state index is -0.383. The summed E-state index contributed by atoms with van der Waals surface area (Å²) in [5, 5.41) is 12.0. The number of rotatable bonds is 3. The monoisotopic (exact) mass is 341 g/mol. The molecule has 0 bridgehead atoms. The number of nitrogens with one attached hydrogen (secondary N) is 1. The maximum absolute atomic E-state index is 12.3. The molecule has 2 amide bonds. The first-order valence-electron chi connectivity index (χ1n) is 7.09. The minimum Gasteiger partial charge on any atom is -0.482 e. The van der Waals surface area contributed by atoms with Gasteiger partial charge in [0, 0.05) is 10.7 Å². The maximum atomic E-state index is 12.3. The van der Waals surface area contributed by atoms with E-state index in [0.29, 0.717) is 27.7 Å². The van der Waals surface area contributed by atoms with Gasteiger partial charge in [-0.3, -0.25) is 14.5 Å². The molecular weight excluding hydrogens is 330 g/mol. The van der Waals surface area contributed by atoms with Gasteiger partial charge in [0.1, 0.15) is 12.3 Å².